The van der Waals surface area contributed by atoms with E-state index in [2.05, 4.69) is 33.9 Å². The van der Waals surface area contributed by atoms with Crippen LogP contribution in [0.3, 0.4) is 0 Å². The summed E-state index contributed by atoms with van der Waals surface area (Å²) in [4.78, 5) is 0. The van der Waals surface area contributed by atoms with E-state index in [0.29, 0.717) is 0 Å². The molecule has 0 aliphatic carbocycles. The third-order valence-electron chi connectivity index (χ3n) is 3.80. The maximum Gasteiger partial charge on any atom is 0.250 e. The van der Waals surface area contributed by atoms with Gasteiger partial charge in [-0.2, -0.15) is 0 Å². The van der Waals surface area contributed by atoms with E-state index < -0.39 is 8.32 Å². The van der Waals surface area contributed by atoms with Gasteiger partial charge < -0.3 is 14.6 Å². The van der Waals surface area contributed by atoms with Gasteiger partial charge in [-0.1, -0.05) is 20.8 Å². The van der Waals surface area contributed by atoms with Crippen molar-refractivity contribution in [2.24, 2.45) is 0 Å². The number of benzene rings is 1. The predicted molar refractivity (Wildman–Crippen MR) is 83.4 cm³/mol. The highest BCUT2D eigenvalue weighted by Crippen LogP contribution is 2.41. The molecule has 0 atom stereocenters. The second kappa shape index (κ2) is 5.37. The fourth-order valence-corrected chi connectivity index (χ4v) is 2.62. The topological polar surface area (TPSA) is 42.3 Å². The summed E-state index contributed by atoms with van der Waals surface area (Å²) in [5.74, 6) is 1.53. The molecule has 1 rings (SSSR count). The van der Waals surface area contributed by atoms with Gasteiger partial charge >= 0.3 is 0 Å². The Morgan fingerprint density at radius 2 is 1.79 bits per heavy atom. The van der Waals surface area contributed by atoms with Gasteiger partial charge in [0.2, 0.25) is 0 Å². The lowest BCUT2D eigenvalue weighted by atomic mass is 10.1. The molecule has 0 spiro atoms. The van der Waals surface area contributed by atoms with Gasteiger partial charge in [-0.3, -0.25) is 0 Å². The monoisotopic (exact) mass is 279 g/mol. The summed E-state index contributed by atoms with van der Waals surface area (Å²) in [5.41, 5.74) is 1.84. The van der Waals surface area contributed by atoms with Crippen LogP contribution in [0.15, 0.2) is 12.1 Å². The van der Waals surface area contributed by atoms with Crippen LogP contribution in [0.25, 0.3) is 0 Å². The van der Waals surface area contributed by atoms with Crippen LogP contribution < -0.4 is 9.16 Å². The Balaban J connectivity index is 3.26. The Morgan fingerprint density at radius 3 is 2.21 bits per heavy atom. The molecule has 0 amide bonds. The van der Waals surface area contributed by atoms with E-state index in [1.807, 2.05) is 19.1 Å². The molecule has 0 saturated carbocycles. The average Bonchev–Trinajstić information content (AvgIpc) is 2.26. The second-order valence-electron chi connectivity index (χ2n) is 6.38. The van der Waals surface area contributed by atoms with Gasteiger partial charge in [-0.25, -0.2) is 0 Å². The van der Waals surface area contributed by atoms with Gasteiger partial charge in [0.25, 0.3) is 8.32 Å². The first-order valence-electron chi connectivity index (χ1n) is 6.50. The summed E-state index contributed by atoms with van der Waals surface area (Å²) in [6, 6.07) is 3.82. The molecule has 0 aromatic heterocycles. The summed E-state index contributed by atoms with van der Waals surface area (Å²) in [5, 5.41) is 7.54. The van der Waals surface area contributed by atoms with Gasteiger partial charge in [-0.05, 0) is 48.3 Å². The predicted octanol–water partition coefficient (Wildman–Crippen LogP) is 4.39. The molecule has 0 bridgehead atoms. The zero-order valence-corrected chi connectivity index (χ0v) is 14.0. The van der Waals surface area contributed by atoms with Crippen LogP contribution in [0.5, 0.6) is 11.5 Å². The Bertz CT molecular complexity index is 476. The van der Waals surface area contributed by atoms with Crippen molar-refractivity contribution >= 4 is 14.5 Å². The van der Waals surface area contributed by atoms with Crippen molar-refractivity contribution in [3.63, 3.8) is 0 Å². The maximum absolute atomic E-state index is 7.41. The highest BCUT2D eigenvalue weighted by atomic mass is 28.4. The fourth-order valence-electron chi connectivity index (χ4n) is 1.62. The molecule has 0 unspecified atom stereocenters. The molecule has 0 fully saturated rings. The van der Waals surface area contributed by atoms with Gasteiger partial charge in [0.15, 0.2) is 5.75 Å². The molecule has 1 aromatic carbocycles. The lowest BCUT2D eigenvalue weighted by molar-refractivity contribution is 0.383. The molecule has 1 aromatic rings. The Morgan fingerprint density at radius 1 is 1.21 bits per heavy atom. The molecule has 0 aliphatic heterocycles. The smallest absolute Gasteiger partial charge is 0.250 e. The van der Waals surface area contributed by atoms with E-state index in [1.165, 1.54) is 6.21 Å². The zero-order chi connectivity index (χ0) is 14.8. The summed E-state index contributed by atoms with van der Waals surface area (Å²) < 4.78 is 11.8. The Kier molecular flexibility index (Phi) is 4.45. The van der Waals surface area contributed by atoms with Crippen LogP contribution in [-0.2, 0) is 0 Å². The van der Waals surface area contributed by atoms with Gasteiger partial charge in [-0.15, -0.1) is 0 Å². The number of aryl methyl sites for hydroxylation is 1. The van der Waals surface area contributed by atoms with Crippen molar-refractivity contribution in [3.8, 4) is 11.5 Å². The van der Waals surface area contributed by atoms with Crippen molar-refractivity contribution in [3.05, 3.63) is 23.3 Å². The first-order valence-corrected chi connectivity index (χ1v) is 9.41. The maximum atomic E-state index is 7.41. The lowest BCUT2D eigenvalue weighted by Gasteiger charge is -2.37. The average molecular weight is 279 g/mol. The van der Waals surface area contributed by atoms with E-state index in [4.69, 9.17) is 14.6 Å². The summed E-state index contributed by atoms with van der Waals surface area (Å²) in [7, 11) is -0.249. The number of ether oxygens (including phenoxy) is 1. The van der Waals surface area contributed by atoms with Gasteiger partial charge in [0.05, 0.1) is 7.11 Å². The van der Waals surface area contributed by atoms with Crippen LogP contribution in [0, 0.1) is 12.3 Å². The second-order valence-corrected chi connectivity index (χ2v) is 11.1. The first-order chi connectivity index (χ1) is 8.62. The first kappa shape index (κ1) is 15.8. The Hall–Kier alpha value is -1.29. The molecule has 0 heterocycles. The molecular weight excluding hydrogens is 254 g/mol. The quantitative estimate of drug-likeness (QED) is 0.656. The SMILES string of the molecule is COc1c(C)cc(C=N)cc1O[Si](C)(C)C(C)(C)C. The van der Waals surface area contributed by atoms with E-state index in [0.717, 1.165) is 22.6 Å². The fraction of sp³-hybridized carbons (Fsp3) is 0.533. The number of methoxy groups -OCH3 is 1. The van der Waals surface area contributed by atoms with Crippen molar-refractivity contribution in [1.82, 2.24) is 0 Å². The number of nitrogens with one attached hydrogen (secondary N) is 1. The molecule has 3 nitrogen and oxygen atoms in total. The van der Waals surface area contributed by atoms with Crippen LogP contribution in [-0.4, -0.2) is 21.6 Å². The van der Waals surface area contributed by atoms with Crippen LogP contribution in [0.2, 0.25) is 18.1 Å². The largest absolute Gasteiger partial charge is 0.541 e. The van der Waals surface area contributed by atoms with Crippen molar-refractivity contribution in [1.29, 1.82) is 5.41 Å². The standard InChI is InChI=1S/C15H25NO2Si/c1-11-8-12(10-16)9-13(14(11)17-5)18-19(6,7)15(2,3)4/h8-10,16H,1-7H3. The van der Waals surface area contributed by atoms with Crippen molar-refractivity contribution in [2.45, 2.75) is 45.8 Å². The van der Waals surface area contributed by atoms with Crippen LogP contribution in [0.1, 0.15) is 31.9 Å². The highest BCUT2D eigenvalue weighted by Gasteiger charge is 2.39. The van der Waals surface area contributed by atoms with Gasteiger partial charge in [0.1, 0.15) is 5.75 Å². The summed E-state index contributed by atoms with van der Waals surface area (Å²) in [6.07, 6.45) is 1.34. The number of hydrogen-bond donors (Lipinski definition) is 1. The zero-order valence-electron chi connectivity index (χ0n) is 13.0. The molecule has 0 aliphatic rings. The van der Waals surface area contributed by atoms with E-state index >= 15 is 0 Å². The van der Waals surface area contributed by atoms with Crippen LogP contribution in [0.4, 0.5) is 0 Å². The summed E-state index contributed by atoms with van der Waals surface area (Å²) >= 11 is 0. The van der Waals surface area contributed by atoms with E-state index in [-0.39, 0.29) is 5.04 Å². The molecule has 4 heteroatoms. The molecular formula is C15H25NO2Si. The van der Waals surface area contributed by atoms with Gasteiger partial charge in [0, 0.05) is 6.21 Å². The summed E-state index contributed by atoms with van der Waals surface area (Å²) in [6.45, 7) is 13.0. The molecule has 106 valence electrons. The van der Waals surface area contributed by atoms with E-state index in [9.17, 15) is 0 Å². The van der Waals surface area contributed by atoms with Crippen molar-refractivity contribution in [2.75, 3.05) is 7.11 Å². The molecule has 19 heavy (non-hydrogen) atoms. The molecule has 1 N–H and O–H groups in total. The molecule has 0 saturated heterocycles. The number of rotatable bonds is 4. The highest BCUT2D eigenvalue weighted by molar-refractivity contribution is 6.74. The van der Waals surface area contributed by atoms with E-state index in [1.54, 1.807) is 7.11 Å². The minimum absolute atomic E-state index is 0.132. The van der Waals surface area contributed by atoms with Crippen molar-refractivity contribution < 1.29 is 9.16 Å². The minimum atomic E-state index is -1.91. The Labute approximate surface area is 117 Å². The lowest BCUT2D eigenvalue weighted by Crippen LogP contribution is -2.44. The normalized spacial score (nSPS) is 12.2. The third-order valence-corrected chi connectivity index (χ3v) is 8.15. The number of hydrogen-bond acceptors (Lipinski definition) is 3. The minimum Gasteiger partial charge on any atom is -0.541 e. The van der Waals surface area contributed by atoms with Crippen LogP contribution >= 0.6 is 0 Å². The third kappa shape index (κ3) is 3.38. The molecule has 0 radical (unpaired) electrons.